The van der Waals surface area contributed by atoms with Crippen LogP contribution in [0.2, 0.25) is 10.0 Å². The van der Waals surface area contributed by atoms with Gasteiger partial charge in [-0.3, -0.25) is 0 Å². The van der Waals surface area contributed by atoms with Crippen LogP contribution in [0.5, 0.6) is 0 Å². The third kappa shape index (κ3) is 3.94. The lowest BCUT2D eigenvalue weighted by atomic mass is 10.4. The van der Waals surface area contributed by atoms with Gasteiger partial charge in [-0.15, -0.1) is 0 Å². The van der Waals surface area contributed by atoms with Crippen LogP contribution in [0.4, 0.5) is 0 Å². The highest BCUT2D eigenvalue weighted by Crippen LogP contribution is 2.30. The van der Waals surface area contributed by atoms with Gasteiger partial charge < -0.3 is 5.11 Å². The highest BCUT2D eigenvalue weighted by atomic mass is 35.5. The number of hydrogen-bond donors (Lipinski definition) is 1. The Kier molecular flexibility index (Phi) is 5.37. The fourth-order valence-corrected chi connectivity index (χ4v) is 3.11. The topological polar surface area (TPSA) is 74.7 Å². The summed E-state index contributed by atoms with van der Waals surface area (Å²) in [6.45, 7) is -0.0858. The second-order valence-corrected chi connectivity index (χ2v) is 6.38. The lowest BCUT2D eigenvalue weighted by Crippen LogP contribution is -2.27. The van der Waals surface area contributed by atoms with Gasteiger partial charge in [0.2, 0.25) is 10.0 Å². The number of carboxylic acid groups (broad SMARTS) is 1. The van der Waals surface area contributed by atoms with Crippen LogP contribution >= 0.6 is 23.2 Å². The normalized spacial score (nSPS) is 12.2. The first-order valence-electron chi connectivity index (χ1n) is 5.06. The summed E-state index contributed by atoms with van der Waals surface area (Å²) in [7, 11) is -2.50. The number of halogens is 2. The Hall–Kier alpha value is -1.08. The Morgan fingerprint density at radius 2 is 2.05 bits per heavy atom. The van der Waals surface area contributed by atoms with Crippen molar-refractivity contribution < 1.29 is 18.3 Å². The fourth-order valence-electron chi connectivity index (χ4n) is 1.25. The number of aliphatic carboxylic acids is 1. The molecule has 0 aliphatic rings. The molecule has 0 radical (unpaired) electrons. The van der Waals surface area contributed by atoms with E-state index in [-0.39, 0.29) is 21.5 Å². The van der Waals surface area contributed by atoms with E-state index in [1.54, 1.807) is 0 Å². The number of benzene rings is 1. The molecule has 0 bridgehead atoms. The van der Waals surface area contributed by atoms with Gasteiger partial charge >= 0.3 is 5.97 Å². The Balaban J connectivity index is 3.04. The van der Waals surface area contributed by atoms with Crippen molar-refractivity contribution in [3.8, 4) is 0 Å². The van der Waals surface area contributed by atoms with Crippen molar-refractivity contribution in [1.82, 2.24) is 4.31 Å². The number of carboxylic acids is 1. The number of rotatable bonds is 5. The minimum absolute atomic E-state index is 0.0572. The van der Waals surface area contributed by atoms with E-state index in [4.69, 9.17) is 28.3 Å². The monoisotopic (exact) mass is 323 g/mol. The molecule has 0 fully saturated rings. The summed E-state index contributed by atoms with van der Waals surface area (Å²) in [6, 6.07) is 4.29. The van der Waals surface area contributed by atoms with Crippen molar-refractivity contribution in [2.75, 3.05) is 13.6 Å². The zero-order valence-electron chi connectivity index (χ0n) is 9.88. The van der Waals surface area contributed by atoms with Crippen LogP contribution in [0.3, 0.4) is 0 Å². The van der Waals surface area contributed by atoms with Crippen LogP contribution in [0.1, 0.15) is 0 Å². The summed E-state index contributed by atoms with van der Waals surface area (Å²) in [5.74, 6) is -1.15. The maximum absolute atomic E-state index is 12.2. The summed E-state index contributed by atoms with van der Waals surface area (Å²) in [5.41, 5.74) is 0. The van der Waals surface area contributed by atoms with Crippen molar-refractivity contribution in [2.45, 2.75) is 4.90 Å². The van der Waals surface area contributed by atoms with Gasteiger partial charge in [0, 0.05) is 19.7 Å². The number of hydrogen-bond acceptors (Lipinski definition) is 3. The van der Waals surface area contributed by atoms with Crippen LogP contribution in [-0.2, 0) is 14.8 Å². The predicted octanol–water partition coefficient (Wildman–Crippen LogP) is 2.25. The van der Waals surface area contributed by atoms with Gasteiger partial charge in [-0.1, -0.05) is 35.3 Å². The van der Waals surface area contributed by atoms with E-state index >= 15 is 0 Å². The van der Waals surface area contributed by atoms with Crippen molar-refractivity contribution in [2.24, 2.45) is 0 Å². The van der Waals surface area contributed by atoms with Gasteiger partial charge in [0.15, 0.2) is 0 Å². The standard InChI is InChI=1S/C11H11Cl2NO4S/c1-14(7-3-6-10(15)16)19(17,18)9-5-2-4-8(12)11(9)13/h2-6H,7H2,1H3,(H,15,16). The molecule has 1 rings (SSSR count). The Labute approximate surface area is 121 Å². The number of likely N-dealkylation sites (N-methyl/N-ethyl adjacent to an activating group) is 1. The zero-order valence-corrected chi connectivity index (χ0v) is 12.2. The molecule has 19 heavy (non-hydrogen) atoms. The molecule has 0 saturated carbocycles. The highest BCUT2D eigenvalue weighted by Gasteiger charge is 2.23. The first-order chi connectivity index (χ1) is 8.76. The molecule has 0 aliphatic carbocycles. The molecule has 104 valence electrons. The van der Waals surface area contributed by atoms with E-state index in [1.165, 1.54) is 31.3 Å². The Bertz CT molecular complexity index is 613. The van der Waals surface area contributed by atoms with Gasteiger partial charge in [0.1, 0.15) is 4.90 Å². The summed E-state index contributed by atoms with van der Waals surface area (Å²) in [4.78, 5) is 10.2. The van der Waals surface area contributed by atoms with Crippen LogP contribution in [0, 0.1) is 0 Å². The molecular weight excluding hydrogens is 313 g/mol. The maximum Gasteiger partial charge on any atom is 0.328 e. The molecule has 0 saturated heterocycles. The highest BCUT2D eigenvalue weighted by molar-refractivity contribution is 7.89. The first-order valence-corrected chi connectivity index (χ1v) is 7.26. The average molecular weight is 324 g/mol. The quantitative estimate of drug-likeness (QED) is 0.843. The van der Waals surface area contributed by atoms with E-state index in [2.05, 4.69) is 0 Å². The minimum atomic E-state index is -3.82. The molecular formula is C11H11Cl2NO4S. The molecule has 5 nitrogen and oxygen atoms in total. The summed E-state index contributed by atoms with van der Waals surface area (Å²) in [6.07, 6.45) is 2.09. The van der Waals surface area contributed by atoms with E-state index in [0.29, 0.717) is 0 Å². The SMILES string of the molecule is CN(CC=CC(=O)O)S(=O)(=O)c1cccc(Cl)c1Cl. The molecule has 0 aromatic heterocycles. The van der Waals surface area contributed by atoms with Crippen LogP contribution < -0.4 is 0 Å². The maximum atomic E-state index is 12.2. The molecule has 0 amide bonds. The lowest BCUT2D eigenvalue weighted by Gasteiger charge is -2.16. The molecule has 1 aromatic carbocycles. The van der Waals surface area contributed by atoms with E-state index < -0.39 is 16.0 Å². The minimum Gasteiger partial charge on any atom is -0.478 e. The molecule has 0 unspecified atom stereocenters. The van der Waals surface area contributed by atoms with Gasteiger partial charge in [-0.25, -0.2) is 13.2 Å². The third-order valence-corrected chi connectivity index (χ3v) is 5.02. The molecule has 8 heteroatoms. The van der Waals surface area contributed by atoms with Gasteiger partial charge in [-0.2, -0.15) is 4.31 Å². The van der Waals surface area contributed by atoms with E-state index in [9.17, 15) is 13.2 Å². The van der Waals surface area contributed by atoms with Crippen molar-refractivity contribution in [3.63, 3.8) is 0 Å². The average Bonchev–Trinajstić information content (AvgIpc) is 2.31. The van der Waals surface area contributed by atoms with Crippen LogP contribution in [0.15, 0.2) is 35.2 Å². The van der Waals surface area contributed by atoms with Crippen LogP contribution in [-0.4, -0.2) is 37.4 Å². The molecule has 0 aliphatic heterocycles. The summed E-state index contributed by atoms with van der Waals surface area (Å²) < 4.78 is 25.3. The molecule has 0 spiro atoms. The molecule has 1 aromatic rings. The second-order valence-electron chi connectivity index (χ2n) is 3.58. The van der Waals surface area contributed by atoms with Crippen molar-refractivity contribution >= 4 is 39.2 Å². The molecule has 1 N–H and O–H groups in total. The summed E-state index contributed by atoms with van der Waals surface area (Å²) >= 11 is 11.6. The van der Waals surface area contributed by atoms with E-state index in [0.717, 1.165) is 10.4 Å². The van der Waals surface area contributed by atoms with E-state index in [1.807, 2.05) is 0 Å². The second kappa shape index (κ2) is 6.38. The molecule has 0 atom stereocenters. The molecule has 0 heterocycles. The van der Waals surface area contributed by atoms with Gasteiger partial charge in [-0.05, 0) is 12.1 Å². The smallest absolute Gasteiger partial charge is 0.328 e. The fraction of sp³-hybridized carbons (Fsp3) is 0.182. The van der Waals surface area contributed by atoms with Gasteiger partial charge in [0.25, 0.3) is 0 Å². The summed E-state index contributed by atoms with van der Waals surface area (Å²) in [5, 5.41) is 8.51. The van der Waals surface area contributed by atoms with Gasteiger partial charge in [0.05, 0.1) is 10.0 Å². The Morgan fingerprint density at radius 3 is 2.63 bits per heavy atom. The predicted molar refractivity (Wildman–Crippen MR) is 73.1 cm³/mol. The van der Waals surface area contributed by atoms with Crippen molar-refractivity contribution in [3.05, 3.63) is 40.4 Å². The van der Waals surface area contributed by atoms with Crippen LogP contribution in [0.25, 0.3) is 0 Å². The number of nitrogens with zero attached hydrogens (tertiary/aromatic N) is 1. The largest absolute Gasteiger partial charge is 0.478 e. The lowest BCUT2D eigenvalue weighted by molar-refractivity contribution is -0.131. The number of carbonyl (C=O) groups is 1. The third-order valence-electron chi connectivity index (χ3n) is 2.23. The Morgan fingerprint density at radius 1 is 1.42 bits per heavy atom. The first kappa shape index (κ1) is 16.0. The van der Waals surface area contributed by atoms with Crippen molar-refractivity contribution in [1.29, 1.82) is 0 Å². The number of sulfonamides is 1. The zero-order chi connectivity index (χ0) is 14.6.